The number of rotatable bonds is 8. The lowest BCUT2D eigenvalue weighted by Gasteiger charge is -2.25. The first-order valence-electron chi connectivity index (χ1n) is 11.0. The maximum absolute atomic E-state index is 14.3. The summed E-state index contributed by atoms with van der Waals surface area (Å²) in [4.78, 5) is 50.4. The fourth-order valence-electron chi connectivity index (χ4n) is 3.92. The molecule has 1 amide bonds. The molecule has 3 heterocycles. The minimum absolute atomic E-state index is 0. The SMILES string of the molecule is CCN(CC)CCN(C(=O)Cn1cnc2c1c(=O)n(C)c(=O)n2C)c1nc2c(F)cc(F)cc2s1.Cl. The second kappa shape index (κ2) is 10.8. The summed E-state index contributed by atoms with van der Waals surface area (Å²) >= 11 is 1.01. The average Bonchev–Trinajstić information content (AvgIpc) is 3.43. The average molecular weight is 542 g/mol. The van der Waals surface area contributed by atoms with Crippen LogP contribution in [0.25, 0.3) is 21.4 Å². The monoisotopic (exact) mass is 541 g/mol. The van der Waals surface area contributed by atoms with Gasteiger partial charge < -0.3 is 9.47 Å². The molecule has 36 heavy (non-hydrogen) atoms. The highest BCUT2D eigenvalue weighted by Gasteiger charge is 2.24. The zero-order valence-corrected chi connectivity index (χ0v) is 21.8. The molecule has 0 saturated heterocycles. The summed E-state index contributed by atoms with van der Waals surface area (Å²) in [6.45, 7) is 6.09. The standard InChI is InChI=1S/C22H25F2N7O3S.ClH/c1-5-29(6-2)7-8-31(21-26-17-14(24)9-13(23)10-15(17)35-21)16(32)11-30-12-25-19-18(30)20(33)28(4)22(34)27(19)3;/h9-10,12H,5-8,11H2,1-4H3;1H. The van der Waals surface area contributed by atoms with E-state index in [0.29, 0.717) is 6.54 Å². The van der Waals surface area contributed by atoms with Gasteiger partial charge in [0.25, 0.3) is 5.56 Å². The van der Waals surface area contributed by atoms with Crippen molar-refractivity contribution in [3.8, 4) is 0 Å². The minimum Gasteiger partial charge on any atom is -0.315 e. The lowest BCUT2D eigenvalue weighted by Crippen LogP contribution is -2.41. The predicted octanol–water partition coefficient (Wildman–Crippen LogP) is 2.12. The molecule has 0 bridgehead atoms. The number of aromatic nitrogens is 5. The van der Waals surface area contributed by atoms with E-state index in [1.165, 1.54) is 40.5 Å². The normalized spacial score (nSPS) is 11.4. The van der Waals surface area contributed by atoms with Crippen molar-refractivity contribution >= 4 is 56.2 Å². The molecular weight excluding hydrogens is 516 g/mol. The second-order valence-corrected chi connectivity index (χ2v) is 9.06. The lowest BCUT2D eigenvalue weighted by atomic mass is 10.3. The summed E-state index contributed by atoms with van der Waals surface area (Å²) in [7, 11) is 2.85. The van der Waals surface area contributed by atoms with Gasteiger partial charge in [0.2, 0.25) is 5.91 Å². The molecule has 0 aliphatic heterocycles. The topological polar surface area (TPSA) is 98.3 Å². The van der Waals surface area contributed by atoms with Crippen LogP contribution in [-0.2, 0) is 25.4 Å². The highest BCUT2D eigenvalue weighted by molar-refractivity contribution is 7.22. The number of thiazole rings is 1. The zero-order chi connectivity index (χ0) is 25.4. The van der Waals surface area contributed by atoms with Gasteiger partial charge >= 0.3 is 5.69 Å². The van der Waals surface area contributed by atoms with Crippen molar-refractivity contribution in [2.45, 2.75) is 20.4 Å². The van der Waals surface area contributed by atoms with E-state index in [0.717, 1.165) is 35.1 Å². The maximum atomic E-state index is 14.3. The van der Waals surface area contributed by atoms with Crippen LogP contribution in [0.15, 0.2) is 28.0 Å². The van der Waals surface area contributed by atoms with Crippen LogP contribution in [0.2, 0.25) is 0 Å². The van der Waals surface area contributed by atoms with Crippen molar-refractivity contribution in [2.75, 3.05) is 31.1 Å². The fraction of sp³-hybridized carbons (Fsp3) is 0.409. The number of likely N-dealkylation sites (N-methyl/N-ethyl adjacent to an activating group) is 1. The number of hydrogen-bond acceptors (Lipinski definition) is 7. The van der Waals surface area contributed by atoms with Crippen molar-refractivity contribution in [3.63, 3.8) is 0 Å². The third-order valence-electron chi connectivity index (χ3n) is 5.99. The van der Waals surface area contributed by atoms with E-state index in [1.807, 2.05) is 13.8 Å². The first-order valence-corrected chi connectivity index (χ1v) is 11.9. The van der Waals surface area contributed by atoms with Crippen LogP contribution in [-0.4, -0.2) is 60.7 Å². The van der Waals surface area contributed by atoms with Crippen LogP contribution in [0.3, 0.4) is 0 Å². The molecule has 4 rings (SSSR count). The van der Waals surface area contributed by atoms with Crippen molar-refractivity contribution in [3.05, 3.63) is 50.9 Å². The van der Waals surface area contributed by atoms with Gasteiger partial charge in [0, 0.05) is 33.3 Å². The van der Waals surface area contributed by atoms with Gasteiger partial charge in [-0.1, -0.05) is 25.2 Å². The molecule has 0 spiro atoms. The summed E-state index contributed by atoms with van der Waals surface area (Å²) < 4.78 is 31.9. The van der Waals surface area contributed by atoms with E-state index in [-0.39, 0.29) is 52.0 Å². The summed E-state index contributed by atoms with van der Waals surface area (Å²) in [5.74, 6) is -1.94. The molecule has 4 aromatic rings. The molecule has 0 unspecified atom stereocenters. The van der Waals surface area contributed by atoms with Gasteiger partial charge in [-0.15, -0.1) is 12.4 Å². The van der Waals surface area contributed by atoms with E-state index in [9.17, 15) is 23.2 Å². The van der Waals surface area contributed by atoms with Crippen LogP contribution in [0.1, 0.15) is 13.8 Å². The minimum atomic E-state index is -0.802. The van der Waals surface area contributed by atoms with E-state index in [2.05, 4.69) is 14.9 Å². The molecule has 1 aromatic carbocycles. The van der Waals surface area contributed by atoms with Crippen LogP contribution in [0, 0.1) is 11.6 Å². The number of anilines is 1. The highest BCUT2D eigenvalue weighted by Crippen LogP contribution is 2.31. The fourth-order valence-corrected chi connectivity index (χ4v) is 4.97. The predicted molar refractivity (Wildman–Crippen MR) is 137 cm³/mol. The van der Waals surface area contributed by atoms with Gasteiger partial charge in [0.15, 0.2) is 22.1 Å². The molecule has 194 valence electrons. The zero-order valence-electron chi connectivity index (χ0n) is 20.2. The van der Waals surface area contributed by atoms with Crippen molar-refractivity contribution in [2.24, 2.45) is 14.1 Å². The largest absolute Gasteiger partial charge is 0.332 e. The van der Waals surface area contributed by atoms with Crippen molar-refractivity contribution in [1.82, 2.24) is 28.6 Å². The smallest absolute Gasteiger partial charge is 0.315 e. The molecule has 0 atom stereocenters. The van der Waals surface area contributed by atoms with Crippen LogP contribution in [0.5, 0.6) is 0 Å². The van der Waals surface area contributed by atoms with Gasteiger partial charge in [-0.25, -0.2) is 23.5 Å². The number of hydrogen-bond donors (Lipinski definition) is 0. The number of nitrogens with zero attached hydrogens (tertiary/aromatic N) is 7. The second-order valence-electron chi connectivity index (χ2n) is 8.05. The van der Waals surface area contributed by atoms with E-state index < -0.39 is 28.8 Å². The van der Waals surface area contributed by atoms with Crippen LogP contribution >= 0.6 is 23.7 Å². The highest BCUT2D eigenvalue weighted by atomic mass is 35.5. The summed E-state index contributed by atoms with van der Waals surface area (Å²) in [5.41, 5.74) is -0.824. The Balaban J connectivity index is 0.00000361. The van der Waals surface area contributed by atoms with Gasteiger partial charge in [-0.3, -0.25) is 23.6 Å². The summed E-state index contributed by atoms with van der Waals surface area (Å²) in [5, 5.41) is 0.228. The Morgan fingerprint density at radius 1 is 1.08 bits per heavy atom. The molecular formula is C22H26ClF2N7O3S. The Bertz CT molecular complexity index is 1540. The number of carbonyl (C=O) groups excluding carboxylic acids is 1. The molecule has 10 nitrogen and oxygen atoms in total. The van der Waals surface area contributed by atoms with E-state index in [1.54, 1.807) is 0 Å². The van der Waals surface area contributed by atoms with Gasteiger partial charge in [0.1, 0.15) is 17.9 Å². The van der Waals surface area contributed by atoms with E-state index >= 15 is 0 Å². The van der Waals surface area contributed by atoms with Crippen molar-refractivity contribution in [1.29, 1.82) is 0 Å². The number of amides is 1. The molecule has 0 aliphatic rings. The molecule has 0 saturated carbocycles. The molecule has 0 radical (unpaired) electrons. The Morgan fingerprint density at radius 3 is 2.44 bits per heavy atom. The molecule has 3 aromatic heterocycles. The Kier molecular flexibility index (Phi) is 8.26. The Hall–Kier alpha value is -3.16. The number of aryl methyl sites for hydroxylation is 1. The van der Waals surface area contributed by atoms with Crippen molar-refractivity contribution < 1.29 is 13.6 Å². The summed E-state index contributed by atoms with van der Waals surface area (Å²) in [6.07, 6.45) is 1.33. The Morgan fingerprint density at radius 2 is 1.78 bits per heavy atom. The number of imidazole rings is 1. The van der Waals surface area contributed by atoms with E-state index in [4.69, 9.17) is 0 Å². The summed E-state index contributed by atoms with van der Waals surface area (Å²) in [6, 6.07) is 1.94. The molecule has 14 heteroatoms. The number of carbonyl (C=O) groups is 1. The van der Waals surface area contributed by atoms with Gasteiger partial charge in [0.05, 0.1) is 11.0 Å². The Labute approximate surface area is 214 Å². The third-order valence-corrected chi connectivity index (χ3v) is 7.02. The van der Waals surface area contributed by atoms with Gasteiger partial charge in [-0.2, -0.15) is 0 Å². The first-order chi connectivity index (χ1) is 16.7. The quantitative estimate of drug-likeness (QED) is 0.339. The van der Waals surface area contributed by atoms with Gasteiger partial charge in [-0.05, 0) is 19.2 Å². The third kappa shape index (κ3) is 4.90. The van der Waals surface area contributed by atoms with Crippen LogP contribution in [0.4, 0.5) is 13.9 Å². The van der Waals surface area contributed by atoms with Crippen LogP contribution < -0.4 is 16.1 Å². The molecule has 0 fully saturated rings. The number of halogens is 3. The number of fused-ring (bicyclic) bond motifs is 2. The molecule has 0 N–H and O–H groups in total. The number of benzene rings is 1. The maximum Gasteiger partial charge on any atom is 0.332 e. The molecule has 0 aliphatic carbocycles. The first kappa shape index (κ1) is 27.4. The lowest BCUT2D eigenvalue weighted by molar-refractivity contribution is -0.119.